The summed E-state index contributed by atoms with van der Waals surface area (Å²) in [4.78, 5) is 0. The molecular weight excluding hydrogens is 309 g/mol. The van der Waals surface area contributed by atoms with Gasteiger partial charge in [0.1, 0.15) is 11.6 Å². The highest BCUT2D eigenvalue weighted by Crippen LogP contribution is 2.27. The van der Waals surface area contributed by atoms with Crippen molar-refractivity contribution in [1.29, 1.82) is 0 Å². The molecule has 0 bridgehead atoms. The van der Waals surface area contributed by atoms with Gasteiger partial charge in [-0.2, -0.15) is 0 Å². The predicted molar refractivity (Wildman–Crippen MR) is 77.7 cm³/mol. The van der Waals surface area contributed by atoms with Crippen molar-refractivity contribution in [2.45, 2.75) is 12.5 Å². The van der Waals surface area contributed by atoms with E-state index < -0.39 is 0 Å². The number of ether oxygens (including phenoxy) is 1. The predicted octanol–water partition coefficient (Wildman–Crippen LogP) is 3.84. The zero-order valence-electron chi connectivity index (χ0n) is 10.6. The Kier molecular flexibility index (Phi) is 4.56. The highest BCUT2D eigenvalue weighted by Gasteiger charge is 2.09. The Hall–Kier alpha value is -1.39. The van der Waals surface area contributed by atoms with Crippen molar-refractivity contribution in [3.63, 3.8) is 0 Å². The first-order valence-corrected chi connectivity index (χ1v) is 6.73. The smallest absolute Gasteiger partial charge is 0.133 e. The van der Waals surface area contributed by atoms with Gasteiger partial charge in [-0.3, -0.25) is 0 Å². The van der Waals surface area contributed by atoms with Crippen LogP contribution in [0, 0.1) is 5.82 Å². The summed E-state index contributed by atoms with van der Waals surface area (Å²) in [5.74, 6) is 0.520. The third-order valence-electron chi connectivity index (χ3n) is 2.95. The van der Waals surface area contributed by atoms with E-state index >= 15 is 0 Å². The second-order valence-corrected chi connectivity index (χ2v) is 5.19. The van der Waals surface area contributed by atoms with Crippen LogP contribution in [0.15, 0.2) is 46.9 Å². The number of hydrogen-bond donors (Lipinski definition) is 1. The lowest BCUT2D eigenvalue weighted by atomic mass is 9.99. The molecule has 0 amide bonds. The molecule has 0 aliphatic heterocycles. The number of nitrogens with two attached hydrogens (primary N) is 1. The van der Waals surface area contributed by atoms with Gasteiger partial charge in [0, 0.05) is 6.04 Å². The quantitative estimate of drug-likeness (QED) is 0.927. The molecule has 1 unspecified atom stereocenters. The van der Waals surface area contributed by atoms with Crippen LogP contribution in [-0.2, 0) is 6.42 Å². The van der Waals surface area contributed by atoms with Crippen LogP contribution in [0.3, 0.4) is 0 Å². The van der Waals surface area contributed by atoms with Crippen molar-refractivity contribution >= 4 is 15.9 Å². The minimum Gasteiger partial charge on any atom is -0.496 e. The minimum absolute atomic E-state index is 0.226. The van der Waals surface area contributed by atoms with Crippen LogP contribution in [0.4, 0.5) is 4.39 Å². The third-order valence-corrected chi connectivity index (χ3v) is 3.57. The Morgan fingerprint density at radius 2 is 2.05 bits per heavy atom. The molecule has 2 aromatic rings. The monoisotopic (exact) mass is 323 g/mol. The molecular formula is C15H15BrFNO. The molecule has 0 spiro atoms. The van der Waals surface area contributed by atoms with Crippen LogP contribution in [0.25, 0.3) is 0 Å². The zero-order chi connectivity index (χ0) is 13.8. The second-order valence-electron chi connectivity index (χ2n) is 4.33. The van der Waals surface area contributed by atoms with E-state index in [4.69, 9.17) is 10.5 Å². The lowest BCUT2D eigenvalue weighted by Gasteiger charge is -2.13. The second kappa shape index (κ2) is 6.17. The summed E-state index contributed by atoms with van der Waals surface area (Å²) in [6, 6.07) is 12.0. The first kappa shape index (κ1) is 14.0. The number of hydrogen-bond acceptors (Lipinski definition) is 2. The molecule has 1 atom stereocenters. The Balaban J connectivity index is 2.14. The zero-order valence-corrected chi connectivity index (χ0v) is 12.2. The fourth-order valence-corrected chi connectivity index (χ4v) is 2.53. The average Bonchev–Trinajstić information content (AvgIpc) is 2.39. The Labute approximate surface area is 120 Å². The van der Waals surface area contributed by atoms with Crippen LogP contribution in [0.1, 0.15) is 17.2 Å². The molecule has 0 aromatic heterocycles. The van der Waals surface area contributed by atoms with Crippen molar-refractivity contribution < 1.29 is 9.13 Å². The molecule has 0 fully saturated rings. The lowest BCUT2D eigenvalue weighted by molar-refractivity contribution is 0.412. The highest BCUT2D eigenvalue weighted by molar-refractivity contribution is 9.10. The van der Waals surface area contributed by atoms with Gasteiger partial charge in [0.25, 0.3) is 0 Å². The molecule has 2 rings (SSSR count). The SMILES string of the molecule is COc1ccc(CC(N)c2cccc(F)c2)cc1Br. The topological polar surface area (TPSA) is 35.2 Å². The van der Waals surface area contributed by atoms with Gasteiger partial charge in [0.2, 0.25) is 0 Å². The fourth-order valence-electron chi connectivity index (χ4n) is 1.95. The fraction of sp³-hybridized carbons (Fsp3) is 0.200. The van der Waals surface area contributed by atoms with E-state index in [0.717, 1.165) is 21.3 Å². The molecule has 19 heavy (non-hydrogen) atoms. The van der Waals surface area contributed by atoms with E-state index in [1.54, 1.807) is 13.2 Å². The van der Waals surface area contributed by atoms with Gasteiger partial charge in [-0.1, -0.05) is 18.2 Å². The molecule has 2 aromatic carbocycles. The summed E-state index contributed by atoms with van der Waals surface area (Å²) in [7, 11) is 1.62. The number of halogens is 2. The van der Waals surface area contributed by atoms with E-state index in [-0.39, 0.29) is 11.9 Å². The number of benzene rings is 2. The van der Waals surface area contributed by atoms with Crippen LogP contribution in [0.2, 0.25) is 0 Å². The molecule has 0 radical (unpaired) electrons. The van der Waals surface area contributed by atoms with Crippen molar-refractivity contribution in [2.24, 2.45) is 5.73 Å². The molecule has 0 saturated heterocycles. The van der Waals surface area contributed by atoms with Gasteiger partial charge in [0.05, 0.1) is 11.6 Å². The van der Waals surface area contributed by atoms with Gasteiger partial charge >= 0.3 is 0 Å². The Morgan fingerprint density at radius 1 is 1.26 bits per heavy atom. The van der Waals surface area contributed by atoms with E-state index in [1.807, 2.05) is 24.3 Å². The molecule has 2 nitrogen and oxygen atoms in total. The molecule has 0 heterocycles. The molecule has 0 aliphatic rings. The first-order valence-electron chi connectivity index (χ1n) is 5.93. The summed E-state index contributed by atoms with van der Waals surface area (Å²) >= 11 is 3.44. The number of rotatable bonds is 4. The average molecular weight is 324 g/mol. The van der Waals surface area contributed by atoms with Crippen LogP contribution >= 0.6 is 15.9 Å². The highest BCUT2D eigenvalue weighted by atomic mass is 79.9. The summed E-state index contributed by atoms with van der Waals surface area (Å²) in [5.41, 5.74) is 7.97. The van der Waals surface area contributed by atoms with Crippen LogP contribution in [0.5, 0.6) is 5.75 Å². The molecule has 0 saturated carbocycles. The Morgan fingerprint density at radius 3 is 2.68 bits per heavy atom. The van der Waals surface area contributed by atoms with Crippen molar-refractivity contribution in [3.05, 3.63) is 63.9 Å². The summed E-state index contributed by atoms with van der Waals surface area (Å²) in [6.45, 7) is 0. The summed E-state index contributed by atoms with van der Waals surface area (Å²) in [6.07, 6.45) is 0.645. The molecule has 0 aliphatic carbocycles. The standard InChI is InChI=1S/C15H15BrFNO/c1-19-15-6-5-10(7-13(15)16)8-14(18)11-3-2-4-12(17)9-11/h2-7,9,14H,8,18H2,1H3. The van der Waals surface area contributed by atoms with Crippen molar-refractivity contribution in [3.8, 4) is 5.75 Å². The van der Waals surface area contributed by atoms with Gasteiger partial charge in [-0.05, 0) is 57.7 Å². The normalized spacial score (nSPS) is 12.2. The molecule has 100 valence electrons. The minimum atomic E-state index is -0.260. The maximum absolute atomic E-state index is 13.1. The van der Waals surface area contributed by atoms with Crippen molar-refractivity contribution in [2.75, 3.05) is 7.11 Å². The van der Waals surface area contributed by atoms with Crippen molar-refractivity contribution in [1.82, 2.24) is 0 Å². The van der Waals surface area contributed by atoms with E-state index in [2.05, 4.69) is 15.9 Å². The van der Waals surface area contributed by atoms with Gasteiger partial charge in [-0.25, -0.2) is 4.39 Å². The summed E-state index contributed by atoms with van der Waals surface area (Å²) in [5, 5.41) is 0. The van der Waals surface area contributed by atoms with Crippen LogP contribution < -0.4 is 10.5 Å². The van der Waals surface area contributed by atoms with Crippen LogP contribution in [-0.4, -0.2) is 7.11 Å². The Bertz CT molecular complexity index is 574. The molecule has 4 heteroatoms. The number of methoxy groups -OCH3 is 1. The first-order chi connectivity index (χ1) is 9.10. The summed E-state index contributed by atoms with van der Waals surface area (Å²) < 4.78 is 19.2. The maximum Gasteiger partial charge on any atom is 0.133 e. The van der Waals surface area contributed by atoms with Gasteiger partial charge < -0.3 is 10.5 Å². The van der Waals surface area contributed by atoms with Gasteiger partial charge in [0.15, 0.2) is 0 Å². The molecule has 2 N–H and O–H groups in total. The third kappa shape index (κ3) is 3.55. The van der Waals surface area contributed by atoms with Gasteiger partial charge in [-0.15, -0.1) is 0 Å². The van der Waals surface area contributed by atoms with E-state index in [1.165, 1.54) is 12.1 Å². The largest absolute Gasteiger partial charge is 0.496 e. The van der Waals surface area contributed by atoms with E-state index in [0.29, 0.717) is 6.42 Å². The van der Waals surface area contributed by atoms with E-state index in [9.17, 15) is 4.39 Å². The lowest BCUT2D eigenvalue weighted by Crippen LogP contribution is -2.13. The maximum atomic E-state index is 13.1.